The number of aliphatic hydroxyl groups excluding tert-OH is 1. The molecule has 0 aliphatic carbocycles. The van der Waals surface area contributed by atoms with Gasteiger partial charge in [-0.25, -0.2) is 4.79 Å². The van der Waals surface area contributed by atoms with Crippen molar-refractivity contribution in [2.75, 3.05) is 33.3 Å². The molecule has 0 aromatic heterocycles. The van der Waals surface area contributed by atoms with E-state index in [2.05, 4.69) is 36.1 Å². The number of urea groups is 1. The number of ether oxygens (including phenoxy) is 3. The summed E-state index contributed by atoms with van der Waals surface area (Å²) < 4.78 is 18.0. The molecule has 44 heavy (non-hydrogen) atoms. The molecule has 1 aliphatic heterocycles. The van der Waals surface area contributed by atoms with Crippen LogP contribution in [0.25, 0.3) is 11.1 Å². The minimum absolute atomic E-state index is 0.000289. The highest BCUT2D eigenvalue weighted by atomic mass is 16.7. The normalized spacial score (nSPS) is 19.8. The Labute approximate surface area is 259 Å². The molecule has 4 atom stereocenters. The second kappa shape index (κ2) is 16.2. The molecule has 9 heteroatoms. The van der Waals surface area contributed by atoms with Crippen molar-refractivity contribution in [3.8, 4) is 11.1 Å². The average Bonchev–Trinajstić information content (AvgIpc) is 3.04. The standard InChI is InChI=1S/C35H43N3O6/c1-5-18-38(4)22-31-24(3)33(28-12-10-25(23-39)11-13-28)44-34(43-31)29-16-14-27(15-17-29)30-9-7-8-26(19-30)20-36-35(41)37-21-32(40)42-6-2/h5,7-17,19,24,31,33-34,39H,1,6,18,20-23H2,2-4H3,(H2,36,37,41)/t24-,31+,33+,34+/m1/s1. The van der Waals surface area contributed by atoms with Crippen molar-refractivity contribution < 1.29 is 28.9 Å². The van der Waals surface area contributed by atoms with E-state index in [0.29, 0.717) is 6.54 Å². The quantitative estimate of drug-likeness (QED) is 0.184. The SMILES string of the molecule is C=CCN(C)C[C@@H]1O[C@H](c2ccc(-c3cccc(CNC(=O)NCC(=O)OCC)c3)cc2)O[C@H](c2ccc(CO)cc2)[C@@H]1C. The van der Waals surface area contributed by atoms with E-state index in [0.717, 1.165) is 46.5 Å². The summed E-state index contributed by atoms with van der Waals surface area (Å²) in [6.07, 6.45) is 1.09. The number of nitrogens with one attached hydrogen (secondary N) is 2. The summed E-state index contributed by atoms with van der Waals surface area (Å²) in [6.45, 7) is 9.63. The lowest BCUT2D eigenvalue weighted by molar-refractivity contribution is -0.275. The molecule has 234 valence electrons. The zero-order valence-electron chi connectivity index (χ0n) is 25.7. The van der Waals surface area contributed by atoms with Gasteiger partial charge in [-0.2, -0.15) is 0 Å². The van der Waals surface area contributed by atoms with Crippen LogP contribution in [-0.2, 0) is 32.2 Å². The molecule has 1 aliphatic rings. The molecule has 0 unspecified atom stereocenters. The maximum atomic E-state index is 12.1. The highest BCUT2D eigenvalue weighted by Gasteiger charge is 2.38. The molecule has 1 saturated heterocycles. The minimum Gasteiger partial charge on any atom is -0.465 e. The molecule has 1 heterocycles. The first-order valence-electron chi connectivity index (χ1n) is 15.0. The zero-order chi connectivity index (χ0) is 31.5. The van der Waals surface area contributed by atoms with Crippen LogP contribution in [0.15, 0.2) is 85.5 Å². The van der Waals surface area contributed by atoms with Gasteiger partial charge in [-0.3, -0.25) is 4.79 Å². The number of carbonyl (C=O) groups excluding carboxylic acids is 2. The van der Waals surface area contributed by atoms with Crippen LogP contribution in [0.3, 0.4) is 0 Å². The molecule has 3 aromatic carbocycles. The highest BCUT2D eigenvalue weighted by Crippen LogP contribution is 2.42. The number of nitrogens with zero attached hydrogens (tertiary/aromatic N) is 1. The van der Waals surface area contributed by atoms with Crippen LogP contribution in [0.5, 0.6) is 0 Å². The lowest BCUT2D eigenvalue weighted by Gasteiger charge is -2.42. The van der Waals surface area contributed by atoms with E-state index < -0.39 is 18.3 Å². The summed E-state index contributed by atoms with van der Waals surface area (Å²) in [4.78, 5) is 25.7. The molecule has 0 saturated carbocycles. The van der Waals surface area contributed by atoms with Gasteiger partial charge < -0.3 is 34.9 Å². The van der Waals surface area contributed by atoms with Gasteiger partial charge in [0.25, 0.3) is 0 Å². The van der Waals surface area contributed by atoms with Crippen molar-refractivity contribution >= 4 is 12.0 Å². The number of rotatable bonds is 13. The van der Waals surface area contributed by atoms with Gasteiger partial charge in [0.2, 0.25) is 0 Å². The Balaban J connectivity index is 1.46. The fourth-order valence-corrected chi connectivity index (χ4v) is 5.23. The van der Waals surface area contributed by atoms with E-state index in [4.69, 9.17) is 14.2 Å². The number of esters is 1. The summed E-state index contributed by atoms with van der Waals surface area (Å²) in [5.41, 5.74) is 5.78. The second-order valence-corrected chi connectivity index (χ2v) is 11.0. The third kappa shape index (κ3) is 9.00. The predicted molar refractivity (Wildman–Crippen MR) is 169 cm³/mol. The van der Waals surface area contributed by atoms with Crippen LogP contribution in [0, 0.1) is 5.92 Å². The Morgan fingerprint density at radius 3 is 2.39 bits per heavy atom. The molecule has 3 aromatic rings. The lowest BCUT2D eigenvalue weighted by atomic mass is 9.90. The number of carbonyl (C=O) groups is 2. The Morgan fingerprint density at radius 1 is 0.977 bits per heavy atom. The van der Waals surface area contributed by atoms with E-state index in [1.54, 1.807) is 6.92 Å². The van der Waals surface area contributed by atoms with Gasteiger partial charge in [0.05, 0.1) is 25.4 Å². The highest BCUT2D eigenvalue weighted by molar-refractivity contribution is 5.80. The fraction of sp³-hybridized carbons (Fsp3) is 0.371. The molecule has 3 N–H and O–H groups in total. The van der Waals surface area contributed by atoms with Gasteiger partial charge in [-0.05, 0) is 47.9 Å². The second-order valence-electron chi connectivity index (χ2n) is 11.0. The summed E-state index contributed by atoms with van der Waals surface area (Å²) in [5.74, 6) is -0.379. The Kier molecular flexibility index (Phi) is 12.1. The topological polar surface area (TPSA) is 109 Å². The summed E-state index contributed by atoms with van der Waals surface area (Å²) in [6, 6.07) is 23.5. The van der Waals surface area contributed by atoms with Crippen LogP contribution in [0.2, 0.25) is 0 Å². The van der Waals surface area contributed by atoms with Crippen molar-refractivity contribution in [1.82, 2.24) is 15.5 Å². The molecule has 0 bridgehead atoms. The van der Waals surface area contributed by atoms with Crippen LogP contribution in [0.1, 0.15) is 48.5 Å². The number of benzene rings is 3. The van der Waals surface area contributed by atoms with E-state index in [-0.39, 0.29) is 37.9 Å². The number of hydrogen-bond donors (Lipinski definition) is 3. The Morgan fingerprint density at radius 2 is 1.70 bits per heavy atom. The molecular formula is C35H43N3O6. The van der Waals surface area contributed by atoms with Crippen molar-refractivity contribution in [2.45, 2.75) is 45.5 Å². The molecular weight excluding hydrogens is 558 g/mol. The smallest absolute Gasteiger partial charge is 0.325 e. The van der Waals surface area contributed by atoms with Gasteiger partial charge in [-0.1, -0.05) is 79.7 Å². The molecule has 9 nitrogen and oxygen atoms in total. The van der Waals surface area contributed by atoms with Gasteiger partial charge in [0.15, 0.2) is 6.29 Å². The fourth-order valence-electron chi connectivity index (χ4n) is 5.23. The first-order valence-corrected chi connectivity index (χ1v) is 15.0. The van der Waals surface area contributed by atoms with Crippen LogP contribution < -0.4 is 10.6 Å². The van der Waals surface area contributed by atoms with Crippen LogP contribution in [-0.4, -0.2) is 61.4 Å². The number of hydrogen-bond acceptors (Lipinski definition) is 7. The van der Waals surface area contributed by atoms with Gasteiger partial charge >= 0.3 is 12.0 Å². The molecule has 1 fully saturated rings. The third-order valence-electron chi connectivity index (χ3n) is 7.65. The lowest BCUT2D eigenvalue weighted by Crippen LogP contribution is -2.43. The largest absolute Gasteiger partial charge is 0.465 e. The van der Waals surface area contributed by atoms with Crippen molar-refractivity contribution in [3.63, 3.8) is 0 Å². The van der Waals surface area contributed by atoms with Crippen molar-refractivity contribution in [3.05, 3.63) is 108 Å². The maximum absolute atomic E-state index is 12.1. The summed E-state index contributed by atoms with van der Waals surface area (Å²) in [7, 11) is 2.06. The van der Waals surface area contributed by atoms with Gasteiger partial charge in [-0.15, -0.1) is 6.58 Å². The summed E-state index contributed by atoms with van der Waals surface area (Å²) >= 11 is 0. The number of aliphatic hydroxyl groups is 1. The molecule has 2 amide bonds. The van der Waals surface area contributed by atoms with Gasteiger partial charge in [0.1, 0.15) is 6.54 Å². The van der Waals surface area contributed by atoms with E-state index in [1.807, 2.05) is 78.9 Å². The zero-order valence-corrected chi connectivity index (χ0v) is 25.7. The monoisotopic (exact) mass is 601 g/mol. The molecule has 0 spiro atoms. The van der Waals surface area contributed by atoms with Crippen LogP contribution >= 0.6 is 0 Å². The molecule has 4 rings (SSSR count). The van der Waals surface area contributed by atoms with Gasteiger partial charge in [0, 0.05) is 31.1 Å². The molecule has 0 radical (unpaired) electrons. The maximum Gasteiger partial charge on any atom is 0.325 e. The number of likely N-dealkylation sites (N-methyl/N-ethyl adjacent to an activating group) is 1. The van der Waals surface area contributed by atoms with Crippen molar-refractivity contribution in [1.29, 1.82) is 0 Å². The number of amides is 2. The third-order valence-corrected chi connectivity index (χ3v) is 7.65. The van der Waals surface area contributed by atoms with Crippen LogP contribution in [0.4, 0.5) is 4.79 Å². The first-order chi connectivity index (χ1) is 21.3. The summed E-state index contributed by atoms with van der Waals surface area (Å²) in [5, 5.41) is 14.8. The average molecular weight is 602 g/mol. The minimum atomic E-state index is -0.548. The Bertz CT molecular complexity index is 1380. The van der Waals surface area contributed by atoms with E-state index >= 15 is 0 Å². The van der Waals surface area contributed by atoms with Crippen molar-refractivity contribution in [2.24, 2.45) is 5.92 Å². The van der Waals surface area contributed by atoms with E-state index in [9.17, 15) is 14.7 Å². The Hall–Kier alpha value is -4.02. The first kappa shape index (κ1) is 32.9. The predicted octanol–water partition coefficient (Wildman–Crippen LogP) is 5.12. The van der Waals surface area contributed by atoms with E-state index in [1.165, 1.54) is 0 Å².